The third kappa shape index (κ3) is 5.17. The van der Waals surface area contributed by atoms with Gasteiger partial charge < -0.3 is 25.2 Å². The van der Waals surface area contributed by atoms with Crippen LogP contribution in [0.5, 0.6) is 0 Å². The van der Waals surface area contributed by atoms with E-state index >= 15 is 0 Å². The minimum absolute atomic E-state index is 0.0698. The van der Waals surface area contributed by atoms with Gasteiger partial charge in [0.25, 0.3) is 5.91 Å². The SMILES string of the molecule is COC(CNC(=O)OCC1c2ccccc2-c2ccccc21)C(=O)Nc1ccc(C)c(C(=O)O)c1. The molecule has 3 aromatic rings. The quantitative estimate of drug-likeness (QED) is 0.451. The Morgan fingerprint density at radius 3 is 2.20 bits per heavy atom. The molecule has 3 N–H and O–H groups in total. The standard InChI is InChI=1S/C27H26N2O6/c1-16-11-12-17(13-22(16)26(31)32)29-25(30)24(34-2)14-28-27(33)35-15-23-20-9-5-3-7-18(20)19-8-4-6-10-21(19)23/h3-13,23-24H,14-15H2,1-2H3,(H,28,33)(H,29,30)(H,31,32). The van der Waals surface area contributed by atoms with Gasteiger partial charge in [0.15, 0.2) is 6.10 Å². The van der Waals surface area contributed by atoms with Crippen molar-refractivity contribution in [2.45, 2.75) is 18.9 Å². The first-order valence-corrected chi connectivity index (χ1v) is 11.2. The molecule has 1 unspecified atom stereocenters. The fraction of sp³-hybridized carbons (Fsp3) is 0.222. The lowest BCUT2D eigenvalue weighted by atomic mass is 9.98. The van der Waals surface area contributed by atoms with Gasteiger partial charge >= 0.3 is 12.1 Å². The molecule has 8 heteroatoms. The third-order valence-electron chi connectivity index (χ3n) is 6.09. The summed E-state index contributed by atoms with van der Waals surface area (Å²) in [6.07, 6.45) is -1.66. The van der Waals surface area contributed by atoms with E-state index in [1.165, 1.54) is 13.2 Å². The number of amides is 2. The van der Waals surface area contributed by atoms with E-state index in [0.29, 0.717) is 11.3 Å². The lowest BCUT2D eigenvalue weighted by Gasteiger charge is -2.18. The molecule has 35 heavy (non-hydrogen) atoms. The number of aryl methyl sites for hydroxylation is 1. The number of carboxylic acid groups (broad SMARTS) is 1. The highest BCUT2D eigenvalue weighted by Gasteiger charge is 2.29. The van der Waals surface area contributed by atoms with E-state index in [1.807, 2.05) is 36.4 Å². The van der Waals surface area contributed by atoms with Crippen LogP contribution in [0.2, 0.25) is 0 Å². The first kappa shape index (κ1) is 24.0. The van der Waals surface area contributed by atoms with Crippen molar-refractivity contribution in [3.8, 4) is 11.1 Å². The summed E-state index contributed by atoms with van der Waals surface area (Å²) in [5.74, 6) is -1.68. The number of hydrogen-bond acceptors (Lipinski definition) is 5. The predicted molar refractivity (Wildman–Crippen MR) is 131 cm³/mol. The third-order valence-corrected chi connectivity index (χ3v) is 6.09. The lowest BCUT2D eigenvalue weighted by Crippen LogP contribution is -2.41. The van der Waals surface area contributed by atoms with Gasteiger partial charge in [-0.05, 0) is 46.9 Å². The van der Waals surface area contributed by atoms with Crippen LogP contribution in [-0.4, -0.2) is 49.4 Å². The number of alkyl carbamates (subject to hydrolysis) is 1. The van der Waals surface area contributed by atoms with Crippen LogP contribution >= 0.6 is 0 Å². The second-order valence-electron chi connectivity index (χ2n) is 8.25. The summed E-state index contributed by atoms with van der Waals surface area (Å²) in [6, 6.07) is 20.7. The topological polar surface area (TPSA) is 114 Å². The van der Waals surface area contributed by atoms with Crippen molar-refractivity contribution in [1.29, 1.82) is 0 Å². The molecule has 0 spiro atoms. The van der Waals surface area contributed by atoms with Gasteiger partial charge in [0, 0.05) is 18.7 Å². The maximum absolute atomic E-state index is 12.6. The molecule has 0 aliphatic heterocycles. The average Bonchev–Trinajstić information content (AvgIpc) is 3.18. The van der Waals surface area contributed by atoms with Gasteiger partial charge in [-0.25, -0.2) is 9.59 Å². The van der Waals surface area contributed by atoms with Crippen LogP contribution in [0.4, 0.5) is 10.5 Å². The number of ether oxygens (including phenoxy) is 2. The Kier molecular flexibility index (Phi) is 7.12. The summed E-state index contributed by atoms with van der Waals surface area (Å²) in [4.78, 5) is 36.3. The van der Waals surface area contributed by atoms with Crippen LogP contribution in [0.25, 0.3) is 11.1 Å². The molecule has 1 aliphatic carbocycles. The molecule has 0 saturated carbocycles. The van der Waals surface area contributed by atoms with Crippen LogP contribution in [0.1, 0.15) is 33.0 Å². The Balaban J connectivity index is 1.33. The number of carbonyl (C=O) groups excluding carboxylic acids is 2. The maximum atomic E-state index is 12.6. The molecule has 0 saturated heterocycles. The fourth-order valence-electron chi connectivity index (χ4n) is 4.26. The highest BCUT2D eigenvalue weighted by molar-refractivity contribution is 5.97. The Bertz CT molecular complexity index is 1230. The van der Waals surface area contributed by atoms with E-state index in [-0.39, 0.29) is 24.6 Å². The molecule has 2 amide bonds. The molecule has 8 nitrogen and oxygen atoms in total. The molecule has 3 aromatic carbocycles. The molecule has 180 valence electrons. The first-order chi connectivity index (χ1) is 16.9. The number of fused-ring (bicyclic) bond motifs is 3. The summed E-state index contributed by atoms with van der Waals surface area (Å²) in [7, 11) is 1.35. The van der Waals surface area contributed by atoms with Crippen molar-refractivity contribution in [3.63, 3.8) is 0 Å². The predicted octanol–water partition coefficient (Wildman–Crippen LogP) is 4.19. The van der Waals surface area contributed by atoms with Crippen LogP contribution in [-0.2, 0) is 14.3 Å². The van der Waals surface area contributed by atoms with Gasteiger partial charge in [0.2, 0.25) is 0 Å². The van der Waals surface area contributed by atoms with Crippen LogP contribution in [0, 0.1) is 6.92 Å². The Morgan fingerprint density at radius 1 is 0.971 bits per heavy atom. The summed E-state index contributed by atoms with van der Waals surface area (Å²) >= 11 is 0. The maximum Gasteiger partial charge on any atom is 0.407 e. The number of hydrogen-bond donors (Lipinski definition) is 3. The van der Waals surface area contributed by atoms with Crippen molar-refractivity contribution >= 4 is 23.7 Å². The smallest absolute Gasteiger partial charge is 0.407 e. The van der Waals surface area contributed by atoms with E-state index in [2.05, 4.69) is 22.8 Å². The fourth-order valence-corrected chi connectivity index (χ4v) is 4.26. The summed E-state index contributed by atoms with van der Waals surface area (Å²) in [6.45, 7) is 1.72. The summed E-state index contributed by atoms with van der Waals surface area (Å²) in [5, 5.41) is 14.5. The molecule has 1 atom stereocenters. The Labute approximate surface area is 202 Å². The van der Waals surface area contributed by atoms with E-state index in [1.54, 1.807) is 19.1 Å². The van der Waals surface area contributed by atoms with E-state index < -0.39 is 24.1 Å². The Morgan fingerprint density at radius 2 is 1.60 bits per heavy atom. The van der Waals surface area contributed by atoms with Crippen LogP contribution < -0.4 is 10.6 Å². The Hall–Kier alpha value is -4.17. The van der Waals surface area contributed by atoms with E-state index in [4.69, 9.17) is 9.47 Å². The number of carboxylic acids is 1. The van der Waals surface area contributed by atoms with Gasteiger partial charge in [0.05, 0.1) is 12.1 Å². The highest BCUT2D eigenvalue weighted by atomic mass is 16.5. The van der Waals surface area contributed by atoms with Crippen molar-refractivity contribution in [2.75, 3.05) is 25.6 Å². The molecule has 0 heterocycles. The normalized spacial score (nSPS) is 12.9. The van der Waals surface area contributed by atoms with E-state index in [9.17, 15) is 19.5 Å². The summed E-state index contributed by atoms with van der Waals surface area (Å²) < 4.78 is 10.7. The monoisotopic (exact) mass is 474 g/mol. The van der Waals surface area contributed by atoms with Crippen molar-refractivity contribution in [3.05, 3.63) is 89.0 Å². The second kappa shape index (κ2) is 10.4. The molecule has 0 bridgehead atoms. The molecule has 0 aromatic heterocycles. The zero-order valence-corrected chi connectivity index (χ0v) is 19.4. The molecule has 1 aliphatic rings. The van der Waals surface area contributed by atoms with Gasteiger partial charge in [-0.3, -0.25) is 4.79 Å². The molecular weight excluding hydrogens is 448 g/mol. The summed E-state index contributed by atoms with van der Waals surface area (Å²) in [5.41, 5.74) is 5.47. The molecule has 0 radical (unpaired) electrons. The van der Waals surface area contributed by atoms with E-state index in [0.717, 1.165) is 22.3 Å². The molecular formula is C27H26N2O6. The van der Waals surface area contributed by atoms with Gasteiger partial charge in [-0.1, -0.05) is 54.6 Å². The van der Waals surface area contributed by atoms with Gasteiger partial charge in [-0.15, -0.1) is 0 Å². The van der Waals surface area contributed by atoms with Crippen molar-refractivity contribution in [2.24, 2.45) is 0 Å². The van der Waals surface area contributed by atoms with Gasteiger partial charge in [-0.2, -0.15) is 0 Å². The zero-order valence-electron chi connectivity index (χ0n) is 19.4. The first-order valence-electron chi connectivity index (χ1n) is 11.2. The average molecular weight is 475 g/mol. The lowest BCUT2D eigenvalue weighted by molar-refractivity contribution is -0.125. The number of benzene rings is 3. The molecule has 0 fully saturated rings. The van der Waals surface area contributed by atoms with Crippen LogP contribution in [0.3, 0.4) is 0 Å². The number of anilines is 1. The minimum atomic E-state index is -1.08. The highest BCUT2D eigenvalue weighted by Crippen LogP contribution is 2.44. The number of nitrogens with one attached hydrogen (secondary N) is 2. The van der Waals surface area contributed by atoms with Gasteiger partial charge in [0.1, 0.15) is 6.61 Å². The second-order valence-corrected chi connectivity index (χ2v) is 8.25. The molecule has 4 rings (SSSR count). The minimum Gasteiger partial charge on any atom is -0.478 e. The van der Waals surface area contributed by atoms with Crippen molar-refractivity contribution < 1.29 is 29.0 Å². The largest absolute Gasteiger partial charge is 0.478 e. The number of carbonyl (C=O) groups is 3. The zero-order chi connectivity index (χ0) is 24.9. The van der Waals surface area contributed by atoms with Crippen LogP contribution in [0.15, 0.2) is 66.7 Å². The number of rotatable bonds is 8. The number of methoxy groups -OCH3 is 1. The van der Waals surface area contributed by atoms with Crippen molar-refractivity contribution in [1.82, 2.24) is 5.32 Å². The number of aromatic carboxylic acids is 1.